The molecule has 7 heteroatoms. The van der Waals surface area contributed by atoms with E-state index in [1.54, 1.807) is 26.8 Å². The number of fused-ring (bicyclic) bond motifs is 1. The number of anilines is 1. The number of carbonyl (C=O) groups is 1. The lowest BCUT2D eigenvalue weighted by Gasteiger charge is -2.28. The van der Waals surface area contributed by atoms with Gasteiger partial charge in [-0.05, 0) is 33.3 Å². The summed E-state index contributed by atoms with van der Waals surface area (Å²) in [5.41, 5.74) is 0.936. The van der Waals surface area contributed by atoms with E-state index in [4.69, 9.17) is 4.74 Å². The zero-order chi connectivity index (χ0) is 15.6. The molecule has 0 fully saturated rings. The number of amides is 1. The summed E-state index contributed by atoms with van der Waals surface area (Å²) in [5.74, 6) is 0. The predicted molar refractivity (Wildman–Crippen MR) is 78.3 cm³/mol. The van der Waals surface area contributed by atoms with Crippen molar-refractivity contribution in [1.82, 2.24) is 5.32 Å². The molecule has 0 spiro atoms. The smallest absolute Gasteiger partial charge is 0.408 e. The zero-order valence-corrected chi connectivity index (χ0v) is 12.3. The molecular formula is C14H19N3O4. The Morgan fingerprint density at radius 2 is 2.19 bits per heavy atom. The van der Waals surface area contributed by atoms with Gasteiger partial charge >= 0.3 is 6.09 Å². The highest BCUT2D eigenvalue weighted by Gasteiger charge is 2.26. The summed E-state index contributed by atoms with van der Waals surface area (Å²) in [5, 5.41) is 16.8. The average Bonchev–Trinajstić information content (AvgIpc) is 2.36. The third-order valence-corrected chi connectivity index (χ3v) is 3.06. The molecule has 1 unspecified atom stereocenters. The monoisotopic (exact) mass is 293 g/mol. The van der Waals surface area contributed by atoms with E-state index in [1.165, 1.54) is 12.1 Å². The highest BCUT2D eigenvalue weighted by molar-refractivity contribution is 5.70. The molecule has 0 saturated heterocycles. The molecule has 1 atom stereocenters. The normalized spacial score (nSPS) is 17.4. The van der Waals surface area contributed by atoms with Gasteiger partial charge in [-0.25, -0.2) is 4.79 Å². The van der Waals surface area contributed by atoms with Gasteiger partial charge in [0.2, 0.25) is 0 Å². The molecule has 21 heavy (non-hydrogen) atoms. The minimum atomic E-state index is -0.581. The number of rotatable bonds is 2. The molecule has 1 heterocycles. The summed E-state index contributed by atoms with van der Waals surface area (Å²) in [6.07, 6.45) is 0.125. The van der Waals surface area contributed by atoms with Crippen LogP contribution in [0, 0.1) is 10.1 Å². The number of hydrogen-bond donors (Lipinski definition) is 2. The maximum atomic E-state index is 11.9. The van der Waals surface area contributed by atoms with Crippen LogP contribution in [0.1, 0.15) is 38.8 Å². The summed E-state index contributed by atoms with van der Waals surface area (Å²) in [7, 11) is 0. The van der Waals surface area contributed by atoms with Crippen LogP contribution in [-0.2, 0) is 4.74 Å². The standard InChI is InChI=1S/C14H19N3O4/c1-14(2,3)21-13(18)16-12-6-7-15-11-5-4-9(17(19)20)8-10(11)12/h4-5,8,12,15H,6-7H2,1-3H3,(H,16,18). The number of alkyl carbamates (subject to hydrolysis) is 1. The van der Waals surface area contributed by atoms with E-state index in [0.717, 1.165) is 5.69 Å². The number of nitro benzene ring substituents is 1. The second-order valence-electron chi connectivity index (χ2n) is 5.94. The summed E-state index contributed by atoms with van der Waals surface area (Å²) >= 11 is 0. The number of carbonyl (C=O) groups excluding carboxylic acids is 1. The van der Waals surface area contributed by atoms with E-state index in [-0.39, 0.29) is 11.7 Å². The Balaban J connectivity index is 2.19. The molecule has 1 aromatic rings. The molecule has 0 aliphatic carbocycles. The van der Waals surface area contributed by atoms with Crippen LogP contribution in [0.25, 0.3) is 0 Å². The van der Waals surface area contributed by atoms with E-state index in [1.807, 2.05) is 0 Å². The van der Waals surface area contributed by atoms with Gasteiger partial charge in [-0.15, -0.1) is 0 Å². The van der Waals surface area contributed by atoms with Crippen molar-refractivity contribution < 1.29 is 14.5 Å². The third kappa shape index (κ3) is 3.84. The maximum absolute atomic E-state index is 11.9. The topological polar surface area (TPSA) is 93.5 Å². The van der Waals surface area contributed by atoms with Crippen LogP contribution in [0.2, 0.25) is 0 Å². The van der Waals surface area contributed by atoms with Crippen molar-refractivity contribution in [3.8, 4) is 0 Å². The number of hydrogen-bond acceptors (Lipinski definition) is 5. The second kappa shape index (κ2) is 5.59. The SMILES string of the molecule is CC(C)(C)OC(=O)NC1CCNc2ccc([N+](=O)[O-])cc21. The first-order valence-corrected chi connectivity index (χ1v) is 6.78. The van der Waals surface area contributed by atoms with Gasteiger partial charge in [0.05, 0.1) is 11.0 Å². The number of non-ortho nitro benzene ring substituents is 1. The molecule has 114 valence electrons. The van der Waals surface area contributed by atoms with Gasteiger partial charge in [-0.2, -0.15) is 0 Å². The van der Waals surface area contributed by atoms with E-state index in [2.05, 4.69) is 10.6 Å². The summed E-state index contributed by atoms with van der Waals surface area (Å²) in [6.45, 7) is 6.04. The predicted octanol–water partition coefficient (Wildman–Crippen LogP) is 2.98. The van der Waals surface area contributed by atoms with Gasteiger partial charge in [0.1, 0.15) is 5.60 Å². The van der Waals surface area contributed by atoms with Crippen molar-refractivity contribution in [3.05, 3.63) is 33.9 Å². The van der Waals surface area contributed by atoms with Crippen LogP contribution in [0.3, 0.4) is 0 Å². The molecule has 1 aliphatic heterocycles. The highest BCUT2D eigenvalue weighted by atomic mass is 16.6. The van der Waals surface area contributed by atoms with Crippen molar-refractivity contribution in [1.29, 1.82) is 0 Å². The molecule has 0 saturated carbocycles. The Kier molecular flexibility index (Phi) is 4.02. The van der Waals surface area contributed by atoms with Gasteiger partial charge < -0.3 is 15.4 Å². The van der Waals surface area contributed by atoms with Gasteiger partial charge in [-0.1, -0.05) is 0 Å². The fraction of sp³-hybridized carbons (Fsp3) is 0.500. The number of benzene rings is 1. The van der Waals surface area contributed by atoms with Gasteiger partial charge in [0, 0.05) is 29.9 Å². The Morgan fingerprint density at radius 3 is 2.81 bits per heavy atom. The highest BCUT2D eigenvalue weighted by Crippen LogP contribution is 2.32. The van der Waals surface area contributed by atoms with E-state index in [0.29, 0.717) is 18.5 Å². The largest absolute Gasteiger partial charge is 0.444 e. The van der Waals surface area contributed by atoms with E-state index < -0.39 is 16.6 Å². The molecule has 7 nitrogen and oxygen atoms in total. The first-order chi connectivity index (χ1) is 9.76. The Bertz CT molecular complexity index is 566. The lowest BCUT2D eigenvalue weighted by atomic mass is 9.97. The van der Waals surface area contributed by atoms with Crippen molar-refractivity contribution in [3.63, 3.8) is 0 Å². The minimum Gasteiger partial charge on any atom is -0.444 e. The van der Waals surface area contributed by atoms with Crippen LogP contribution in [0.4, 0.5) is 16.2 Å². The quantitative estimate of drug-likeness (QED) is 0.646. The Morgan fingerprint density at radius 1 is 1.48 bits per heavy atom. The molecule has 2 N–H and O–H groups in total. The number of nitrogens with zero attached hydrogens (tertiary/aromatic N) is 1. The van der Waals surface area contributed by atoms with Gasteiger partial charge in [0.25, 0.3) is 5.69 Å². The number of ether oxygens (including phenoxy) is 1. The van der Waals surface area contributed by atoms with E-state index >= 15 is 0 Å². The zero-order valence-electron chi connectivity index (χ0n) is 12.3. The van der Waals surface area contributed by atoms with Crippen LogP contribution in [0.5, 0.6) is 0 Å². The number of nitro groups is 1. The lowest BCUT2D eigenvalue weighted by molar-refractivity contribution is -0.384. The van der Waals surface area contributed by atoms with Crippen LogP contribution in [0.15, 0.2) is 18.2 Å². The van der Waals surface area contributed by atoms with Gasteiger partial charge in [0.15, 0.2) is 0 Å². The molecule has 1 aliphatic rings. The molecule has 1 aromatic carbocycles. The fourth-order valence-corrected chi connectivity index (χ4v) is 2.22. The van der Waals surface area contributed by atoms with Crippen molar-refractivity contribution in [2.75, 3.05) is 11.9 Å². The third-order valence-electron chi connectivity index (χ3n) is 3.06. The van der Waals surface area contributed by atoms with E-state index in [9.17, 15) is 14.9 Å². The molecule has 0 radical (unpaired) electrons. The molecule has 0 aromatic heterocycles. The molecular weight excluding hydrogens is 274 g/mol. The average molecular weight is 293 g/mol. The lowest BCUT2D eigenvalue weighted by Crippen LogP contribution is -2.37. The summed E-state index contributed by atoms with van der Waals surface area (Å²) in [6, 6.07) is 4.30. The van der Waals surface area contributed by atoms with Gasteiger partial charge in [-0.3, -0.25) is 10.1 Å². The summed E-state index contributed by atoms with van der Waals surface area (Å²) in [4.78, 5) is 22.3. The molecule has 1 amide bonds. The fourth-order valence-electron chi connectivity index (χ4n) is 2.22. The van der Waals surface area contributed by atoms with Crippen LogP contribution < -0.4 is 10.6 Å². The van der Waals surface area contributed by atoms with Crippen LogP contribution >= 0.6 is 0 Å². The summed E-state index contributed by atoms with van der Waals surface area (Å²) < 4.78 is 5.23. The maximum Gasteiger partial charge on any atom is 0.408 e. The number of nitrogens with one attached hydrogen (secondary N) is 2. The Labute approximate surface area is 122 Å². The van der Waals surface area contributed by atoms with Crippen molar-refractivity contribution in [2.24, 2.45) is 0 Å². The minimum absolute atomic E-state index is 0.00781. The van der Waals surface area contributed by atoms with Crippen LogP contribution in [-0.4, -0.2) is 23.2 Å². The second-order valence-corrected chi connectivity index (χ2v) is 5.94. The molecule has 0 bridgehead atoms. The molecule has 2 rings (SSSR count). The Hall–Kier alpha value is -2.31. The first kappa shape index (κ1) is 15.1. The first-order valence-electron chi connectivity index (χ1n) is 6.78. The van der Waals surface area contributed by atoms with Crippen molar-refractivity contribution in [2.45, 2.75) is 38.8 Å². The van der Waals surface area contributed by atoms with Crippen molar-refractivity contribution >= 4 is 17.5 Å².